The molecule has 1 saturated carbocycles. The molecular weight excluding hydrogens is 150 g/mol. The molecule has 0 amide bonds. The molecule has 2 atom stereocenters. The van der Waals surface area contributed by atoms with Crippen molar-refractivity contribution in [2.45, 2.75) is 26.2 Å². The lowest BCUT2D eigenvalue weighted by Crippen LogP contribution is -2.18. The van der Waals surface area contributed by atoms with Gasteiger partial charge in [-0.05, 0) is 44.2 Å². The van der Waals surface area contributed by atoms with E-state index in [1.165, 1.54) is 25.8 Å². The molecule has 0 aromatic heterocycles. The van der Waals surface area contributed by atoms with Crippen molar-refractivity contribution < 1.29 is 4.74 Å². The predicted molar refractivity (Wildman–Crippen MR) is 51.3 cm³/mol. The van der Waals surface area contributed by atoms with E-state index >= 15 is 0 Å². The van der Waals surface area contributed by atoms with E-state index in [0.717, 1.165) is 25.0 Å². The van der Waals surface area contributed by atoms with E-state index in [0.29, 0.717) is 0 Å². The molecule has 0 aliphatic heterocycles. The van der Waals surface area contributed by atoms with Gasteiger partial charge in [0.15, 0.2) is 0 Å². The molecule has 0 bridgehead atoms. The lowest BCUT2D eigenvalue weighted by atomic mass is 10.3. The van der Waals surface area contributed by atoms with Crippen LogP contribution in [0.15, 0.2) is 0 Å². The predicted octanol–water partition coefficient (Wildman–Crippen LogP) is 1.66. The maximum absolute atomic E-state index is 4.97. The van der Waals surface area contributed by atoms with Crippen LogP contribution in [0.2, 0.25) is 0 Å². The van der Waals surface area contributed by atoms with Crippen molar-refractivity contribution in [1.29, 1.82) is 0 Å². The van der Waals surface area contributed by atoms with Crippen LogP contribution in [-0.2, 0) is 4.74 Å². The minimum Gasteiger partial charge on any atom is -0.385 e. The average molecular weight is 171 g/mol. The zero-order valence-corrected chi connectivity index (χ0v) is 8.31. The Morgan fingerprint density at radius 2 is 2.17 bits per heavy atom. The van der Waals surface area contributed by atoms with E-state index in [1.807, 2.05) is 0 Å². The van der Waals surface area contributed by atoms with Gasteiger partial charge in [-0.25, -0.2) is 0 Å². The van der Waals surface area contributed by atoms with Gasteiger partial charge in [0.05, 0.1) is 0 Å². The summed E-state index contributed by atoms with van der Waals surface area (Å²) in [4.78, 5) is 0. The molecule has 1 aliphatic rings. The van der Waals surface area contributed by atoms with Gasteiger partial charge < -0.3 is 10.1 Å². The minimum absolute atomic E-state index is 0.904. The van der Waals surface area contributed by atoms with Gasteiger partial charge in [-0.3, -0.25) is 0 Å². The molecule has 2 nitrogen and oxygen atoms in total. The summed E-state index contributed by atoms with van der Waals surface area (Å²) < 4.78 is 4.97. The van der Waals surface area contributed by atoms with E-state index in [4.69, 9.17) is 4.74 Å². The third-order valence-electron chi connectivity index (χ3n) is 2.63. The molecule has 0 saturated heterocycles. The van der Waals surface area contributed by atoms with E-state index in [-0.39, 0.29) is 0 Å². The molecule has 0 aromatic rings. The average Bonchev–Trinajstić information content (AvgIpc) is 2.74. The molecule has 72 valence electrons. The standard InChI is InChI=1S/C10H21NO/c1-9-7-10(9)8-11-5-3-4-6-12-2/h9-11H,3-8H2,1-2H3. The Morgan fingerprint density at radius 3 is 2.75 bits per heavy atom. The summed E-state index contributed by atoms with van der Waals surface area (Å²) in [5.41, 5.74) is 0. The Bertz CT molecular complexity index is 116. The zero-order chi connectivity index (χ0) is 8.81. The lowest BCUT2D eigenvalue weighted by Gasteiger charge is -2.02. The van der Waals surface area contributed by atoms with Gasteiger partial charge in [-0.1, -0.05) is 6.92 Å². The Hall–Kier alpha value is -0.0800. The van der Waals surface area contributed by atoms with Crippen LogP contribution in [0.3, 0.4) is 0 Å². The quantitative estimate of drug-likeness (QED) is 0.588. The second-order valence-corrected chi connectivity index (χ2v) is 3.88. The first kappa shape index (κ1) is 10.0. The molecule has 12 heavy (non-hydrogen) atoms. The second-order valence-electron chi connectivity index (χ2n) is 3.88. The minimum atomic E-state index is 0.904. The van der Waals surface area contributed by atoms with Gasteiger partial charge in [-0.2, -0.15) is 0 Å². The summed E-state index contributed by atoms with van der Waals surface area (Å²) in [6, 6.07) is 0. The van der Waals surface area contributed by atoms with Crippen molar-refractivity contribution in [3.8, 4) is 0 Å². The van der Waals surface area contributed by atoms with Crippen LogP contribution in [0, 0.1) is 11.8 Å². The Balaban J connectivity index is 1.72. The molecule has 0 aromatic carbocycles. The van der Waals surface area contributed by atoms with Crippen LogP contribution in [0.25, 0.3) is 0 Å². The molecule has 0 spiro atoms. The summed E-state index contributed by atoms with van der Waals surface area (Å²) in [5, 5.41) is 3.48. The SMILES string of the molecule is COCCCCNCC1CC1C. The fourth-order valence-corrected chi connectivity index (χ4v) is 1.47. The van der Waals surface area contributed by atoms with E-state index in [1.54, 1.807) is 7.11 Å². The number of hydrogen-bond donors (Lipinski definition) is 1. The van der Waals surface area contributed by atoms with Gasteiger partial charge in [0.25, 0.3) is 0 Å². The Kier molecular flexibility index (Phi) is 4.62. The fraction of sp³-hybridized carbons (Fsp3) is 1.00. The highest BCUT2D eigenvalue weighted by Crippen LogP contribution is 2.36. The Labute approximate surface area is 75.7 Å². The topological polar surface area (TPSA) is 21.3 Å². The highest BCUT2D eigenvalue weighted by molar-refractivity contribution is 4.83. The summed E-state index contributed by atoms with van der Waals surface area (Å²) >= 11 is 0. The zero-order valence-electron chi connectivity index (χ0n) is 8.31. The molecule has 0 heterocycles. The number of ether oxygens (including phenoxy) is 1. The number of unbranched alkanes of at least 4 members (excludes halogenated alkanes) is 1. The molecule has 2 heteroatoms. The molecule has 1 rings (SSSR count). The largest absolute Gasteiger partial charge is 0.385 e. The smallest absolute Gasteiger partial charge is 0.0462 e. The molecular formula is C10H21NO. The van der Waals surface area contributed by atoms with Crippen molar-refractivity contribution in [2.24, 2.45) is 11.8 Å². The van der Waals surface area contributed by atoms with E-state index < -0.39 is 0 Å². The normalized spacial score (nSPS) is 27.5. The van der Waals surface area contributed by atoms with Gasteiger partial charge in [0, 0.05) is 13.7 Å². The van der Waals surface area contributed by atoms with Gasteiger partial charge in [-0.15, -0.1) is 0 Å². The lowest BCUT2D eigenvalue weighted by molar-refractivity contribution is 0.192. The first-order valence-electron chi connectivity index (χ1n) is 5.04. The number of hydrogen-bond acceptors (Lipinski definition) is 2. The van der Waals surface area contributed by atoms with Crippen LogP contribution < -0.4 is 5.32 Å². The third-order valence-corrected chi connectivity index (χ3v) is 2.63. The first-order valence-corrected chi connectivity index (χ1v) is 5.04. The monoisotopic (exact) mass is 171 g/mol. The first-order chi connectivity index (χ1) is 5.84. The van der Waals surface area contributed by atoms with E-state index in [9.17, 15) is 0 Å². The number of methoxy groups -OCH3 is 1. The van der Waals surface area contributed by atoms with Gasteiger partial charge >= 0.3 is 0 Å². The van der Waals surface area contributed by atoms with Crippen molar-refractivity contribution >= 4 is 0 Å². The maximum Gasteiger partial charge on any atom is 0.0462 e. The molecule has 1 N–H and O–H groups in total. The summed E-state index contributed by atoms with van der Waals surface area (Å²) in [5.74, 6) is 1.96. The van der Waals surface area contributed by atoms with Gasteiger partial charge in [0.2, 0.25) is 0 Å². The third kappa shape index (κ3) is 4.07. The van der Waals surface area contributed by atoms with Crippen molar-refractivity contribution in [3.63, 3.8) is 0 Å². The van der Waals surface area contributed by atoms with E-state index in [2.05, 4.69) is 12.2 Å². The Morgan fingerprint density at radius 1 is 1.42 bits per heavy atom. The highest BCUT2D eigenvalue weighted by Gasteiger charge is 2.31. The van der Waals surface area contributed by atoms with Crippen molar-refractivity contribution in [3.05, 3.63) is 0 Å². The fourth-order valence-electron chi connectivity index (χ4n) is 1.47. The molecule has 1 fully saturated rings. The van der Waals surface area contributed by atoms with Gasteiger partial charge in [0.1, 0.15) is 0 Å². The molecule has 0 radical (unpaired) electrons. The second kappa shape index (κ2) is 5.55. The molecule has 2 unspecified atom stereocenters. The number of nitrogens with one attached hydrogen (secondary N) is 1. The van der Waals surface area contributed by atoms with Crippen LogP contribution in [0.5, 0.6) is 0 Å². The van der Waals surface area contributed by atoms with Crippen molar-refractivity contribution in [1.82, 2.24) is 5.32 Å². The van der Waals surface area contributed by atoms with Crippen molar-refractivity contribution in [2.75, 3.05) is 26.8 Å². The molecule has 1 aliphatic carbocycles. The van der Waals surface area contributed by atoms with Crippen LogP contribution in [0.1, 0.15) is 26.2 Å². The summed E-state index contributed by atoms with van der Waals surface area (Å²) in [7, 11) is 1.76. The van der Waals surface area contributed by atoms with Crippen LogP contribution >= 0.6 is 0 Å². The summed E-state index contributed by atoms with van der Waals surface area (Å²) in [6.07, 6.45) is 3.86. The maximum atomic E-state index is 4.97. The summed E-state index contributed by atoms with van der Waals surface area (Å²) in [6.45, 7) is 5.62. The van der Waals surface area contributed by atoms with Crippen LogP contribution in [0.4, 0.5) is 0 Å². The van der Waals surface area contributed by atoms with Crippen LogP contribution in [-0.4, -0.2) is 26.8 Å². The number of rotatable bonds is 7. The highest BCUT2D eigenvalue weighted by atomic mass is 16.5.